The monoisotopic (exact) mass is 295 g/mol. The average molecular weight is 295 g/mol. The zero-order valence-electron chi connectivity index (χ0n) is 13.8. The normalized spacial score (nSPS) is 12.4. The molecule has 5 heteroatoms. The second kappa shape index (κ2) is 8.82. The third-order valence-corrected chi connectivity index (χ3v) is 4.04. The van der Waals surface area contributed by atoms with Gasteiger partial charge in [0.05, 0.1) is 12.2 Å². The van der Waals surface area contributed by atoms with E-state index in [0.29, 0.717) is 25.4 Å². The van der Waals surface area contributed by atoms with E-state index < -0.39 is 0 Å². The van der Waals surface area contributed by atoms with Crippen LogP contribution in [0, 0.1) is 19.8 Å². The summed E-state index contributed by atoms with van der Waals surface area (Å²) in [6.45, 7) is 7.23. The highest BCUT2D eigenvalue weighted by Gasteiger charge is 2.17. The number of carbonyl (C=O) groups is 1. The molecule has 0 aliphatic carbocycles. The molecule has 0 aromatic carbocycles. The molecule has 0 fully saturated rings. The van der Waals surface area contributed by atoms with E-state index >= 15 is 0 Å². The lowest BCUT2D eigenvalue weighted by molar-refractivity contribution is -0.130. The largest absolute Gasteiger partial charge is 0.361 e. The third-order valence-electron chi connectivity index (χ3n) is 4.04. The molecule has 1 unspecified atom stereocenters. The van der Waals surface area contributed by atoms with Gasteiger partial charge < -0.3 is 15.2 Å². The molecule has 1 aromatic heterocycles. The van der Waals surface area contributed by atoms with Crippen molar-refractivity contribution in [2.24, 2.45) is 11.7 Å². The summed E-state index contributed by atoms with van der Waals surface area (Å²) in [4.78, 5) is 14.0. The van der Waals surface area contributed by atoms with Gasteiger partial charge in [-0.1, -0.05) is 24.9 Å². The molecule has 120 valence electrons. The number of hydrogen-bond donors (Lipinski definition) is 1. The van der Waals surface area contributed by atoms with Crippen LogP contribution in [0.4, 0.5) is 0 Å². The molecule has 0 saturated heterocycles. The Balaban J connectivity index is 2.47. The van der Waals surface area contributed by atoms with E-state index in [4.69, 9.17) is 10.3 Å². The predicted molar refractivity (Wildman–Crippen MR) is 83.8 cm³/mol. The number of nitrogens with zero attached hydrogens (tertiary/aromatic N) is 2. The number of hydrogen-bond acceptors (Lipinski definition) is 4. The van der Waals surface area contributed by atoms with Crippen LogP contribution in [0.3, 0.4) is 0 Å². The van der Waals surface area contributed by atoms with E-state index in [1.54, 1.807) is 4.90 Å². The van der Waals surface area contributed by atoms with Gasteiger partial charge in [0.25, 0.3) is 0 Å². The van der Waals surface area contributed by atoms with E-state index in [0.717, 1.165) is 42.7 Å². The summed E-state index contributed by atoms with van der Waals surface area (Å²) >= 11 is 0. The Labute approximate surface area is 127 Å². The molecular weight excluding hydrogens is 266 g/mol. The fourth-order valence-electron chi connectivity index (χ4n) is 2.65. The Morgan fingerprint density at radius 2 is 2.05 bits per heavy atom. The minimum Gasteiger partial charge on any atom is -0.361 e. The lowest BCUT2D eigenvalue weighted by Gasteiger charge is -2.19. The summed E-state index contributed by atoms with van der Waals surface area (Å²) in [5.74, 6) is 1.53. The SMILES string of the molecule is CCCC(CCN)CCC(=O)N(C)Cc1c(C)noc1C. The van der Waals surface area contributed by atoms with Crippen molar-refractivity contribution in [3.05, 3.63) is 17.0 Å². The minimum absolute atomic E-state index is 0.174. The van der Waals surface area contributed by atoms with Gasteiger partial charge in [-0.05, 0) is 39.2 Å². The molecule has 21 heavy (non-hydrogen) atoms. The third kappa shape index (κ3) is 5.50. The van der Waals surface area contributed by atoms with Crippen molar-refractivity contribution in [2.75, 3.05) is 13.6 Å². The molecular formula is C16H29N3O2. The predicted octanol–water partition coefficient (Wildman–Crippen LogP) is 2.80. The van der Waals surface area contributed by atoms with E-state index in [2.05, 4.69) is 12.1 Å². The maximum Gasteiger partial charge on any atom is 0.222 e. The standard InChI is InChI=1S/C16H29N3O2/c1-5-6-14(9-10-17)7-8-16(20)19(4)11-15-12(2)18-21-13(15)3/h14H,5-11,17H2,1-4H3. The van der Waals surface area contributed by atoms with Gasteiger partial charge in [0.1, 0.15) is 5.76 Å². The maximum atomic E-state index is 12.2. The Morgan fingerprint density at radius 1 is 1.33 bits per heavy atom. The summed E-state index contributed by atoms with van der Waals surface area (Å²) in [7, 11) is 1.84. The Hall–Kier alpha value is -1.36. The van der Waals surface area contributed by atoms with Crippen LogP contribution in [0.25, 0.3) is 0 Å². The van der Waals surface area contributed by atoms with Crippen LogP contribution < -0.4 is 5.73 Å². The summed E-state index contributed by atoms with van der Waals surface area (Å²) < 4.78 is 5.14. The smallest absolute Gasteiger partial charge is 0.222 e. The van der Waals surface area contributed by atoms with Crippen LogP contribution in [0.5, 0.6) is 0 Å². The number of carbonyl (C=O) groups excluding carboxylic acids is 1. The van der Waals surface area contributed by atoms with Gasteiger partial charge in [-0.2, -0.15) is 0 Å². The van der Waals surface area contributed by atoms with Crippen molar-refractivity contribution >= 4 is 5.91 Å². The quantitative estimate of drug-likeness (QED) is 0.760. The topological polar surface area (TPSA) is 72.4 Å². The number of aromatic nitrogens is 1. The molecule has 0 radical (unpaired) electrons. The van der Waals surface area contributed by atoms with Crippen molar-refractivity contribution in [3.8, 4) is 0 Å². The molecule has 1 aromatic rings. The fourth-order valence-corrected chi connectivity index (χ4v) is 2.65. The number of nitrogens with two attached hydrogens (primary N) is 1. The maximum absolute atomic E-state index is 12.2. The molecule has 5 nitrogen and oxygen atoms in total. The number of rotatable bonds is 9. The second-order valence-electron chi connectivity index (χ2n) is 5.82. The van der Waals surface area contributed by atoms with E-state index in [9.17, 15) is 4.79 Å². The van der Waals surface area contributed by atoms with Gasteiger partial charge in [-0.25, -0.2) is 0 Å². The first-order chi connectivity index (χ1) is 9.99. The average Bonchev–Trinajstić information content (AvgIpc) is 2.76. The first-order valence-electron chi connectivity index (χ1n) is 7.85. The summed E-state index contributed by atoms with van der Waals surface area (Å²) in [6, 6.07) is 0. The molecule has 1 amide bonds. The highest BCUT2D eigenvalue weighted by atomic mass is 16.5. The lowest BCUT2D eigenvalue weighted by Crippen LogP contribution is -2.27. The molecule has 2 N–H and O–H groups in total. The fraction of sp³-hybridized carbons (Fsp3) is 0.750. The minimum atomic E-state index is 0.174. The van der Waals surface area contributed by atoms with Gasteiger partial charge in [0.2, 0.25) is 5.91 Å². The number of aryl methyl sites for hydroxylation is 2. The van der Waals surface area contributed by atoms with Gasteiger partial charge in [0.15, 0.2) is 0 Å². The van der Waals surface area contributed by atoms with Crippen molar-refractivity contribution < 1.29 is 9.32 Å². The van der Waals surface area contributed by atoms with Crippen LogP contribution in [0.2, 0.25) is 0 Å². The molecule has 0 aliphatic heterocycles. The van der Waals surface area contributed by atoms with Crippen LogP contribution in [-0.2, 0) is 11.3 Å². The van der Waals surface area contributed by atoms with Gasteiger partial charge in [-0.15, -0.1) is 0 Å². The number of amides is 1. The highest BCUT2D eigenvalue weighted by Crippen LogP contribution is 2.19. The Morgan fingerprint density at radius 3 is 2.57 bits per heavy atom. The molecule has 0 bridgehead atoms. The molecule has 1 heterocycles. The first-order valence-corrected chi connectivity index (χ1v) is 7.85. The summed E-state index contributed by atoms with van der Waals surface area (Å²) in [5.41, 5.74) is 7.51. The summed E-state index contributed by atoms with van der Waals surface area (Å²) in [5, 5.41) is 3.92. The van der Waals surface area contributed by atoms with Crippen LogP contribution in [0.1, 0.15) is 56.0 Å². The van der Waals surface area contributed by atoms with Crippen molar-refractivity contribution in [2.45, 2.75) is 59.4 Å². The zero-order chi connectivity index (χ0) is 15.8. The molecule has 1 rings (SSSR count). The van der Waals surface area contributed by atoms with Crippen molar-refractivity contribution in [3.63, 3.8) is 0 Å². The van der Waals surface area contributed by atoms with Gasteiger partial charge in [0, 0.05) is 19.0 Å². The molecule has 1 atom stereocenters. The Kier molecular flexibility index (Phi) is 7.43. The second-order valence-corrected chi connectivity index (χ2v) is 5.82. The van der Waals surface area contributed by atoms with E-state index in [1.165, 1.54) is 0 Å². The highest BCUT2D eigenvalue weighted by molar-refractivity contribution is 5.75. The van der Waals surface area contributed by atoms with Crippen molar-refractivity contribution in [1.29, 1.82) is 0 Å². The van der Waals surface area contributed by atoms with Gasteiger partial charge >= 0.3 is 0 Å². The van der Waals surface area contributed by atoms with Gasteiger partial charge in [-0.3, -0.25) is 4.79 Å². The molecule has 0 spiro atoms. The molecule has 0 aliphatic rings. The summed E-state index contributed by atoms with van der Waals surface area (Å²) in [6.07, 6.45) is 4.82. The van der Waals surface area contributed by atoms with Crippen LogP contribution >= 0.6 is 0 Å². The van der Waals surface area contributed by atoms with Crippen molar-refractivity contribution in [1.82, 2.24) is 10.1 Å². The molecule has 0 saturated carbocycles. The lowest BCUT2D eigenvalue weighted by atomic mass is 9.94. The van der Waals surface area contributed by atoms with Crippen LogP contribution in [0.15, 0.2) is 4.52 Å². The first kappa shape index (κ1) is 17.7. The van der Waals surface area contributed by atoms with E-state index in [1.807, 2.05) is 20.9 Å². The Bertz CT molecular complexity index is 417. The van der Waals surface area contributed by atoms with E-state index in [-0.39, 0.29) is 5.91 Å². The zero-order valence-corrected chi connectivity index (χ0v) is 13.8. The van der Waals surface area contributed by atoms with Crippen LogP contribution in [-0.4, -0.2) is 29.6 Å².